The molecule has 0 saturated heterocycles. The summed E-state index contributed by atoms with van der Waals surface area (Å²) in [6, 6.07) is 0. The van der Waals surface area contributed by atoms with Crippen LogP contribution >= 0.6 is 0 Å². The number of fused-ring (bicyclic) bond motifs is 1. The number of likely N-dealkylation sites (N-methyl/N-ethyl adjacent to an activating group) is 1. The third kappa shape index (κ3) is 4.02. The SMILES string of the molecule is CNCC1(C)CCc2c(C)c(OCOCCOC)c(C)c(C)c2O1. The lowest BCUT2D eigenvalue weighted by Crippen LogP contribution is -2.45. The molecule has 2 rings (SSSR count). The van der Waals surface area contributed by atoms with Gasteiger partial charge in [0.05, 0.1) is 13.2 Å². The number of hydrogen-bond acceptors (Lipinski definition) is 5. The molecule has 24 heavy (non-hydrogen) atoms. The fourth-order valence-corrected chi connectivity index (χ4v) is 3.30. The molecule has 0 fully saturated rings. The van der Waals surface area contributed by atoms with Crippen molar-refractivity contribution in [3.05, 3.63) is 22.3 Å². The summed E-state index contributed by atoms with van der Waals surface area (Å²) in [4.78, 5) is 0. The maximum atomic E-state index is 6.40. The van der Waals surface area contributed by atoms with Crippen LogP contribution in [0.1, 0.15) is 35.6 Å². The summed E-state index contributed by atoms with van der Waals surface area (Å²) in [6.07, 6.45) is 2.00. The first-order chi connectivity index (χ1) is 11.4. The molecule has 1 aliphatic rings. The molecule has 136 valence electrons. The third-order valence-corrected chi connectivity index (χ3v) is 4.83. The summed E-state index contributed by atoms with van der Waals surface area (Å²) in [5.74, 6) is 1.95. The minimum atomic E-state index is -0.156. The number of benzene rings is 1. The van der Waals surface area contributed by atoms with Crippen molar-refractivity contribution in [2.45, 2.75) is 46.1 Å². The molecule has 1 aromatic carbocycles. The third-order valence-electron chi connectivity index (χ3n) is 4.83. The fraction of sp³-hybridized carbons (Fsp3) is 0.684. The molecule has 0 aliphatic carbocycles. The highest BCUT2D eigenvalue weighted by Gasteiger charge is 2.34. The van der Waals surface area contributed by atoms with Crippen LogP contribution in [0.5, 0.6) is 11.5 Å². The first-order valence-electron chi connectivity index (χ1n) is 8.59. The average Bonchev–Trinajstić information content (AvgIpc) is 2.55. The van der Waals surface area contributed by atoms with Gasteiger partial charge in [0.1, 0.15) is 17.1 Å². The maximum Gasteiger partial charge on any atom is 0.189 e. The van der Waals surface area contributed by atoms with Gasteiger partial charge in [0.25, 0.3) is 0 Å². The molecule has 0 bridgehead atoms. The number of ether oxygens (including phenoxy) is 4. The van der Waals surface area contributed by atoms with Crippen molar-refractivity contribution >= 4 is 0 Å². The Morgan fingerprint density at radius 3 is 2.54 bits per heavy atom. The van der Waals surface area contributed by atoms with E-state index in [0.717, 1.165) is 47.6 Å². The monoisotopic (exact) mass is 337 g/mol. The Bertz CT molecular complexity index is 573. The molecular weight excluding hydrogens is 306 g/mol. The lowest BCUT2D eigenvalue weighted by molar-refractivity contribution is -0.00933. The first kappa shape index (κ1) is 19.0. The van der Waals surface area contributed by atoms with E-state index in [1.165, 1.54) is 5.56 Å². The predicted molar refractivity (Wildman–Crippen MR) is 95.3 cm³/mol. The predicted octanol–water partition coefficient (Wildman–Crippen LogP) is 2.91. The lowest BCUT2D eigenvalue weighted by Gasteiger charge is -2.38. The second-order valence-electron chi connectivity index (χ2n) is 6.76. The molecular formula is C19H31NO4. The molecule has 1 atom stereocenters. The molecule has 1 N–H and O–H groups in total. The highest BCUT2D eigenvalue weighted by atomic mass is 16.7. The Labute approximate surface area is 145 Å². The van der Waals surface area contributed by atoms with Crippen LogP contribution in [0.25, 0.3) is 0 Å². The van der Waals surface area contributed by atoms with Gasteiger partial charge in [0, 0.05) is 19.2 Å². The summed E-state index contributed by atoms with van der Waals surface area (Å²) in [7, 11) is 3.63. The number of rotatable bonds is 8. The second-order valence-corrected chi connectivity index (χ2v) is 6.76. The van der Waals surface area contributed by atoms with Gasteiger partial charge in [-0.1, -0.05) is 0 Å². The lowest BCUT2D eigenvalue weighted by atomic mass is 9.87. The highest BCUT2D eigenvalue weighted by Crippen LogP contribution is 2.43. The van der Waals surface area contributed by atoms with Crippen LogP contribution in [0.3, 0.4) is 0 Å². The topological polar surface area (TPSA) is 49.0 Å². The van der Waals surface area contributed by atoms with E-state index in [4.69, 9.17) is 18.9 Å². The van der Waals surface area contributed by atoms with Gasteiger partial charge >= 0.3 is 0 Å². The zero-order valence-electron chi connectivity index (χ0n) is 15.9. The molecule has 0 saturated carbocycles. The minimum Gasteiger partial charge on any atom is -0.486 e. The van der Waals surface area contributed by atoms with Crippen molar-refractivity contribution in [3.63, 3.8) is 0 Å². The van der Waals surface area contributed by atoms with Crippen LogP contribution in [-0.2, 0) is 15.9 Å². The molecule has 1 unspecified atom stereocenters. The van der Waals surface area contributed by atoms with E-state index in [9.17, 15) is 0 Å². The maximum absolute atomic E-state index is 6.40. The summed E-state index contributed by atoms with van der Waals surface area (Å²) in [5, 5.41) is 3.24. The zero-order chi connectivity index (χ0) is 17.7. The van der Waals surface area contributed by atoms with Gasteiger partial charge in [-0.25, -0.2) is 0 Å². The van der Waals surface area contributed by atoms with Gasteiger partial charge in [-0.3, -0.25) is 0 Å². The van der Waals surface area contributed by atoms with Crippen molar-refractivity contribution in [2.75, 3.05) is 40.7 Å². The molecule has 0 aromatic heterocycles. The summed E-state index contributed by atoms with van der Waals surface area (Å²) in [6.45, 7) is 10.7. The Kier molecular flexibility index (Phi) is 6.49. The van der Waals surface area contributed by atoms with Crippen LogP contribution in [0.15, 0.2) is 0 Å². The van der Waals surface area contributed by atoms with Gasteiger partial charge in [-0.05, 0) is 64.3 Å². The van der Waals surface area contributed by atoms with E-state index >= 15 is 0 Å². The highest BCUT2D eigenvalue weighted by molar-refractivity contribution is 5.59. The molecule has 1 aliphatic heterocycles. The molecule has 0 radical (unpaired) electrons. The van der Waals surface area contributed by atoms with E-state index in [0.29, 0.717) is 13.2 Å². The molecule has 5 nitrogen and oxygen atoms in total. The number of hydrogen-bond donors (Lipinski definition) is 1. The smallest absolute Gasteiger partial charge is 0.189 e. The van der Waals surface area contributed by atoms with Crippen LogP contribution in [-0.4, -0.2) is 46.3 Å². The van der Waals surface area contributed by atoms with Crippen molar-refractivity contribution in [1.82, 2.24) is 5.32 Å². The summed E-state index contributed by atoms with van der Waals surface area (Å²) in [5.41, 5.74) is 4.55. The van der Waals surface area contributed by atoms with Crippen LogP contribution in [0.2, 0.25) is 0 Å². The normalized spacial score (nSPS) is 19.8. The summed E-state index contributed by atoms with van der Waals surface area (Å²) >= 11 is 0. The van der Waals surface area contributed by atoms with Crippen LogP contribution in [0.4, 0.5) is 0 Å². The van der Waals surface area contributed by atoms with E-state index in [1.54, 1.807) is 7.11 Å². The Morgan fingerprint density at radius 1 is 1.12 bits per heavy atom. The number of nitrogens with one attached hydrogen (secondary N) is 1. The van der Waals surface area contributed by atoms with Crippen LogP contribution in [0, 0.1) is 20.8 Å². The Morgan fingerprint density at radius 2 is 1.88 bits per heavy atom. The van der Waals surface area contributed by atoms with Crippen molar-refractivity contribution in [1.29, 1.82) is 0 Å². The van der Waals surface area contributed by atoms with Crippen molar-refractivity contribution in [2.24, 2.45) is 0 Å². The largest absolute Gasteiger partial charge is 0.486 e. The zero-order valence-corrected chi connectivity index (χ0v) is 15.9. The fourth-order valence-electron chi connectivity index (χ4n) is 3.30. The minimum absolute atomic E-state index is 0.156. The van der Waals surface area contributed by atoms with Gasteiger partial charge in [-0.2, -0.15) is 0 Å². The van der Waals surface area contributed by atoms with Crippen LogP contribution < -0.4 is 14.8 Å². The standard InChI is InChI=1S/C19H31NO4/c1-13-14(2)18-16(7-8-19(4,24-18)11-20-5)15(3)17(13)23-12-22-10-9-21-6/h20H,7-12H2,1-6H3. The quantitative estimate of drug-likeness (QED) is 0.584. The molecule has 1 aromatic rings. The van der Waals surface area contributed by atoms with E-state index in [2.05, 4.69) is 33.0 Å². The second kappa shape index (κ2) is 8.19. The van der Waals surface area contributed by atoms with E-state index in [-0.39, 0.29) is 12.4 Å². The molecule has 5 heteroatoms. The van der Waals surface area contributed by atoms with Crippen molar-refractivity contribution < 1.29 is 18.9 Å². The van der Waals surface area contributed by atoms with E-state index < -0.39 is 0 Å². The molecule has 1 heterocycles. The number of methoxy groups -OCH3 is 1. The van der Waals surface area contributed by atoms with E-state index in [1.807, 2.05) is 7.05 Å². The van der Waals surface area contributed by atoms with Gasteiger partial charge in [0.15, 0.2) is 6.79 Å². The van der Waals surface area contributed by atoms with Gasteiger partial charge < -0.3 is 24.3 Å². The van der Waals surface area contributed by atoms with Gasteiger partial charge in [0.2, 0.25) is 0 Å². The molecule has 0 spiro atoms. The first-order valence-corrected chi connectivity index (χ1v) is 8.59. The van der Waals surface area contributed by atoms with Gasteiger partial charge in [-0.15, -0.1) is 0 Å². The Hall–Kier alpha value is -1.30. The average molecular weight is 337 g/mol. The summed E-state index contributed by atoms with van der Waals surface area (Å²) < 4.78 is 22.7. The van der Waals surface area contributed by atoms with Crippen molar-refractivity contribution in [3.8, 4) is 11.5 Å². The Balaban J connectivity index is 2.21. The molecule has 0 amide bonds.